The molecule has 126 valence electrons. The third kappa shape index (κ3) is 4.03. The average molecular weight is 338 g/mol. The van der Waals surface area contributed by atoms with Crippen LogP contribution in [0.3, 0.4) is 0 Å². The molecule has 1 aromatic carbocycles. The van der Waals surface area contributed by atoms with Gasteiger partial charge in [-0.1, -0.05) is 27.2 Å². The molecule has 2 aromatic rings. The number of oxazole rings is 1. The molecule has 1 aliphatic rings. The fourth-order valence-electron chi connectivity index (χ4n) is 2.63. The molecule has 2 heterocycles. The van der Waals surface area contributed by atoms with Crippen LogP contribution in [0.5, 0.6) is 0 Å². The Bertz CT molecular complexity index is 685. The van der Waals surface area contributed by atoms with E-state index >= 15 is 0 Å². The Hall–Kier alpha value is -1.59. The first kappa shape index (κ1) is 17.8. The minimum Gasteiger partial charge on any atom is -0.440 e. The molecule has 1 unspecified atom stereocenters. The molecule has 1 saturated heterocycles. The van der Waals surface area contributed by atoms with Crippen molar-refractivity contribution >= 4 is 35.1 Å². The van der Waals surface area contributed by atoms with Gasteiger partial charge in [0.15, 0.2) is 5.58 Å². The molecule has 0 radical (unpaired) electrons. The van der Waals surface area contributed by atoms with Gasteiger partial charge in [0.2, 0.25) is 11.8 Å². The van der Waals surface area contributed by atoms with Crippen LogP contribution in [-0.2, 0) is 10.2 Å². The zero-order valence-corrected chi connectivity index (χ0v) is 14.6. The van der Waals surface area contributed by atoms with E-state index in [-0.39, 0.29) is 29.8 Å². The highest BCUT2D eigenvalue weighted by Gasteiger charge is 2.22. The average Bonchev–Trinajstić information content (AvgIpc) is 2.91. The zero-order valence-electron chi connectivity index (χ0n) is 13.8. The summed E-state index contributed by atoms with van der Waals surface area (Å²) in [6, 6.07) is 5.50. The number of carbonyl (C=O) groups excluding carboxylic acids is 1. The van der Waals surface area contributed by atoms with Gasteiger partial charge in [-0.2, -0.15) is 0 Å². The molecule has 1 aromatic heterocycles. The normalized spacial score (nSPS) is 18.5. The summed E-state index contributed by atoms with van der Waals surface area (Å²) in [6.45, 7) is 7.11. The number of carbonyl (C=O) groups is 1. The van der Waals surface area contributed by atoms with E-state index in [2.05, 4.69) is 36.4 Å². The molecule has 23 heavy (non-hydrogen) atoms. The van der Waals surface area contributed by atoms with Crippen molar-refractivity contribution in [2.45, 2.75) is 51.5 Å². The first-order valence-electron chi connectivity index (χ1n) is 7.89. The van der Waals surface area contributed by atoms with E-state index < -0.39 is 0 Å². The summed E-state index contributed by atoms with van der Waals surface area (Å²) in [7, 11) is 0. The lowest BCUT2D eigenvalue weighted by molar-refractivity contribution is -0.118. The fourth-order valence-corrected chi connectivity index (χ4v) is 2.63. The Labute approximate surface area is 142 Å². The fraction of sp³-hybridized carbons (Fsp3) is 0.529. The molecule has 1 aliphatic heterocycles. The van der Waals surface area contributed by atoms with Crippen molar-refractivity contribution in [2.75, 3.05) is 11.9 Å². The predicted molar refractivity (Wildman–Crippen MR) is 94.2 cm³/mol. The van der Waals surface area contributed by atoms with E-state index in [1.54, 1.807) is 0 Å². The van der Waals surface area contributed by atoms with Gasteiger partial charge in [0.1, 0.15) is 5.52 Å². The third-order valence-corrected chi connectivity index (χ3v) is 3.92. The predicted octanol–water partition coefficient (Wildman–Crippen LogP) is 3.63. The van der Waals surface area contributed by atoms with Gasteiger partial charge in [-0.15, -0.1) is 12.4 Å². The highest BCUT2D eigenvalue weighted by Crippen LogP contribution is 2.27. The molecule has 0 spiro atoms. The second kappa shape index (κ2) is 6.89. The van der Waals surface area contributed by atoms with Crippen LogP contribution < -0.4 is 10.6 Å². The van der Waals surface area contributed by atoms with Crippen molar-refractivity contribution in [3.05, 3.63) is 24.1 Å². The second-order valence-electron chi connectivity index (χ2n) is 6.94. The number of rotatable bonds is 2. The van der Waals surface area contributed by atoms with Crippen molar-refractivity contribution in [1.82, 2.24) is 10.3 Å². The number of anilines is 1. The van der Waals surface area contributed by atoms with Crippen LogP contribution in [-0.4, -0.2) is 23.5 Å². The first-order chi connectivity index (χ1) is 10.4. The van der Waals surface area contributed by atoms with E-state index in [4.69, 9.17) is 4.42 Å². The molecule has 0 aliphatic carbocycles. The van der Waals surface area contributed by atoms with Gasteiger partial charge in [-0.3, -0.25) is 4.79 Å². The van der Waals surface area contributed by atoms with Gasteiger partial charge in [0.05, 0.1) is 6.04 Å². The van der Waals surface area contributed by atoms with Gasteiger partial charge in [-0.05, 0) is 37.6 Å². The summed E-state index contributed by atoms with van der Waals surface area (Å²) in [6.07, 6.45) is 3.14. The maximum Gasteiger partial charge on any atom is 0.241 e. The first-order valence-corrected chi connectivity index (χ1v) is 7.89. The minimum absolute atomic E-state index is 0. The van der Waals surface area contributed by atoms with Gasteiger partial charge in [-0.25, -0.2) is 4.98 Å². The number of nitrogens with one attached hydrogen (secondary N) is 2. The summed E-state index contributed by atoms with van der Waals surface area (Å²) in [5.41, 5.74) is 2.16. The standard InChI is InChI=1S/C17H23N3O2.ClH/c1-17(2,3)16-20-13-10-11(7-8-14(13)22-16)19-15(21)12-6-4-5-9-18-12;/h7-8,10,12,18H,4-6,9H2,1-3H3,(H,19,21);1H. The van der Waals surface area contributed by atoms with Crippen LogP contribution in [0.2, 0.25) is 0 Å². The lowest BCUT2D eigenvalue weighted by Crippen LogP contribution is -2.43. The van der Waals surface area contributed by atoms with Crippen molar-refractivity contribution in [2.24, 2.45) is 0 Å². The minimum atomic E-state index is -0.131. The van der Waals surface area contributed by atoms with Crippen LogP contribution in [0, 0.1) is 0 Å². The molecule has 6 heteroatoms. The van der Waals surface area contributed by atoms with Gasteiger partial charge in [0.25, 0.3) is 0 Å². The van der Waals surface area contributed by atoms with E-state index in [0.717, 1.165) is 42.6 Å². The molecular formula is C17H24ClN3O2. The van der Waals surface area contributed by atoms with Crippen LogP contribution in [0.4, 0.5) is 5.69 Å². The van der Waals surface area contributed by atoms with Crippen LogP contribution in [0.25, 0.3) is 11.1 Å². The van der Waals surface area contributed by atoms with Crippen molar-refractivity contribution in [1.29, 1.82) is 0 Å². The second-order valence-corrected chi connectivity index (χ2v) is 6.94. The number of benzene rings is 1. The maximum atomic E-state index is 12.3. The summed E-state index contributed by atoms with van der Waals surface area (Å²) < 4.78 is 5.77. The van der Waals surface area contributed by atoms with E-state index in [9.17, 15) is 4.79 Å². The molecule has 1 amide bonds. The van der Waals surface area contributed by atoms with Crippen molar-refractivity contribution in [3.8, 4) is 0 Å². The lowest BCUT2D eigenvalue weighted by atomic mass is 9.97. The van der Waals surface area contributed by atoms with E-state index in [1.807, 2.05) is 18.2 Å². The molecule has 3 rings (SSSR count). The molecular weight excluding hydrogens is 314 g/mol. The van der Waals surface area contributed by atoms with Crippen molar-refractivity contribution in [3.63, 3.8) is 0 Å². The Morgan fingerprint density at radius 3 is 2.78 bits per heavy atom. The Balaban J connectivity index is 0.00000192. The number of amides is 1. The zero-order chi connectivity index (χ0) is 15.7. The number of nitrogens with zero attached hydrogens (tertiary/aromatic N) is 1. The number of fused-ring (bicyclic) bond motifs is 1. The van der Waals surface area contributed by atoms with Crippen LogP contribution in [0.15, 0.2) is 22.6 Å². The topological polar surface area (TPSA) is 67.2 Å². The quantitative estimate of drug-likeness (QED) is 0.878. The van der Waals surface area contributed by atoms with Gasteiger partial charge in [0, 0.05) is 11.1 Å². The summed E-state index contributed by atoms with van der Waals surface area (Å²) in [4.78, 5) is 16.8. The number of hydrogen-bond acceptors (Lipinski definition) is 4. The maximum absolute atomic E-state index is 12.3. The van der Waals surface area contributed by atoms with Crippen LogP contribution in [0.1, 0.15) is 45.9 Å². The Kier molecular flexibility index (Phi) is 5.32. The number of aromatic nitrogens is 1. The lowest BCUT2D eigenvalue weighted by Gasteiger charge is -2.22. The highest BCUT2D eigenvalue weighted by molar-refractivity contribution is 5.96. The van der Waals surface area contributed by atoms with E-state index in [0.29, 0.717) is 5.89 Å². The molecule has 0 bridgehead atoms. The number of hydrogen-bond donors (Lipinski definition) is 2. The SMILES string of the molecule is CC(C)(C)c1nc2cc(NC(=O)C3CCCCN3)ccc2o1.Cl. The monoisotopic (exact) mass is 337 g/mol. The number of piperidine rings is 1. The highest BCUT2D eigenvalue weighted by atomic mass is 35.5. The van der Waals surface area contributed by atoms with Gasteiger partial charge >= 0.3 is 0 Å². The van der Waals surface area contributed by atoms with E-state index in [1.165, 1.54) is 0 Å². The smallest absolute Gasteiger partial charge is 0.241 e. The largest absolute Gasteiger partial charge is 0.440 e. The molecule has 1 fully saturated rings. The van der Waals surface area contributed by atoms with Gasteiger partial charge < -0.3 is 15.1 Å². The molecule has 5 nitrogen and oxygen atoms in total. The van der Waals surface area contributed by atoms with Crippen molar-refractivity contribution < 1.29 is 9.21 Å². The summed E-state index contributed by atoms with van der Waals surface area (Å²) in [5.74, 6) is 0.735. The summed E-state index contributed by atoms with van der Waals surface area (Å²) in [5, 5.41) is 6.22. The van der Waals surface area contributed by atoms with Crippen LogP contribution >= 0.6 is 12.4 Å². The number of halogens is 1. The third-order valence-electron chi connectivity index (χ3n) is 3.92. The molecule has 0 saturated carbocycles. The Morgan fingerprint density at radius 1 is 1.35 bits per heavy atom. The molecule has 1 atom stereocenters. The summed E-state index contributed by atoms with van der Waals surface area (Å²) >= 11 is 0. The Morgan fingerprint density at radius 2 is 2.13 bits per heavy atom. The molecule has 2 N–H and O–H groups in total.